The number of nitrogens with one attached hydrogen (secondary N) is 2. The van der Waals surface area contributed by atoms with Crippen molar-refractivity contribution in [2.75, 3.05) is 48.0 Å². The van der Waals surface area contributed by atoms with Crippen LogP contribution in [0.25, 0.3) is 0 Å². The summed E-state index contributed by atoms with van der Waals surface area (Å²) in [5.41, 5.74) is 21.2. The topological polar surface area (TPSA) is 411 Å². The molecule has 0 spiro atoms. The number of Topliss-reactive ketones (excluding diaryl/α,β-unsaturated/α-hetero) is 3. The van der Waals surface area contributed by atoms with Crippen LogP contribution in [0.4, 0.5) is 45.5 Å². The van der Waals surface area contributed by atoms with Crippen LogP contribution < -0.4 is 64.4 Å². The predicted molar refractivity (Wildman–Crippen MR) is 537 cm³/mol. The molecule has 10 aromatic rings. The number of hydrogen-bond donors (Lipinski definition) is 4. The Hall–Kier alpha value is -16.1. The lowest BCUT2D eigenvalue weighted by Crippen LogP contribution is -2.45. The number of anilines is 4. The van der Waals surface area contributed by atoms with Gasteiger partial charge in [0.05, 0.1) is 121 Å². The Labute approximate surface area is 821 Å². The van der Waals surface area contributed by atoms with E-state index >= 15 is 0 Å². The number of aryl methyl sites for hydroxylation is 2. The minimum atomic E-state index is -1.09. The standard InChI is InChI=1S/C55H53N5O10.C43H34N4O7.C11H20N2O4.CH4/c1-31-17-41-43(56-27-39-22-36-11-6-8-13-45(36)59(39)54(41)65)25-49(31)69-29-34-19-35(21-38(20-34)48(62)18-32(2)53(64)58-33(3)47(61)15-10-16-52(63)68-5)30-70-51-26-44-42(24-50(51)67-4)55(66)60-40(28-57-44)23-37-12-7-9-14-46(37)60;1-24-11-32-34(44-20-30-15-27-7-3-5-9-36(27)46(30)41(32)48)18-38(24)53-22-25-12-26(14-29(13-25)43(50)51)23-54-40-19-35-33(17-39(40)52-2)42(49)47-31(21-45-35)16-28-8-4-6-10-37(28)47;1-7(12)11(16)13-8(2)9(14)5-4-6-10(15)17-3;/h6-9,11-14,17,19-21,24-28,32-33,39-40H,10,15-16,18,22-23,29-30H2,1-5H3,(H,58,64);3-14,17-21,30-31H,15-16,22-23H2,1-2H3,(H,50,51);7-8H,4-6,12H2,1-3H3,(H,13,16);1H4/t32-,33+,39+,40+;30-,31-;7-,8-;/m100./s1. The molecule has 18 rings (SSSR count). The summed E-state index contributed by atoms with van der Waals surface area (Å²) in [6.45, 7) is 10.2. The molecule has 0 radical (unpaired) electrons. The molecule has 0 saturated heterocycles. The van der Waals surface area contributed by atoms with Crippen LogP contribution in [0.15, 0.2) is 202 Å². The number of para-hydroxylation sites is 4. The number of ether oxygens (including phenoxy) is 8. The quantitative estimate of drug-likeness (QED) is 0.0225. The molecule has 6 amide bonds. The number of carboxylic acids is 1. The molecule has 0 bridgehead atoms. The molecular formula is C110H111N11O21. The van der Waals surface area contributed by atoms with Crippen molar-refractivity contribution < 1.29 is 101 Å². The Morgan fingerprint density at radius 3 is 1.01 bits per heavy atom. The zero-order chi connectivity index (χ0) is 99.7. The van der Waals surface area contributed by atoms with Crippen molar-refractivity contribution in [3.05, 3.63) is 271 Å². The van der Waals surface area contributed by atoms with Crippen LogP contribution in [0.1, 0.15) is 198 Å². The zero-order valence-electron chi connectivity index (χ0n) is 79.6. The van der Waals surface area contributed by atoms with Gasteiger partial charge in [0.2, 0.25) is 11.8 Å². The zero-order valence-corrected chi connectivity index (χ0v) is 79.6. The third-order valence-electron chi connectivity index (χ3n) is 25.9. The summed E-state index contributed by atoms with van der Waals surface area (Å²) in [6.07, 6.45) is 11.1. The lowest BCUT2D eigenvalue weighted by Gasteiger charge is -2.22. The van der Waals surface area contributed by atoms with Gasteiger partial charge in [-0.3, -0.25) is 92.3 Å². The van der Waals surface area contributed by atoms with Crippen LogP contribution in [0, 0.1) is 19.8 Å². The van der Waals surface area contributed by atoms with Crippen molar-refractivity contribution in [3.8, 4) is 34.5 Å². The first-order valence-corrected chi connectivity index (χ1v) is 46.6. The van der Waals surface area contributed by atoms with Crippen LogP contribution >= 0.6 is 0 Å². The monoisotopic (exact) mass is 1920 g/mol. The number of rotatable bonds is 32. The predicted octanol–water partition coefficient (Wildman–Crippen LogP) is 16.2. The fourth-order valence-corrected chi connectivity index (χ4v) is 18.4. The Kier molecular flexibility index (Phi) is 31.0. The Morgan fingerprint density at radius 1 is 0.394 bits per heavy atom. The van der Waals surface area contributed by atoms with Crippen LogP contribution in [-0.2, 0) is 90.4 Å². The number of fused-ring (bicyclic) bond motifs is 16. The summed E-state index contributed by atoms with van der Waals surface area (Å²) in [6, 6.07) is 52.6. The number of benzene rings is 10. The van der Waals surface area contributed by atoms with Gasteiger partial charge in [-0.2, -0.15) is 0 Å². The number of carbonyl (C=O) groups excluding carboxylic acids is 11. The first-order chi connectivity index (χ1) is 67.9. The molecule has 8 aliphatic heterocycles. The minimum absolute atomic E-state index is 0. The average molecular weight is 1920 g/mol. The number of carbonyl (C=O) groups is 12. The largest absolute Gasteiger partial charge is 0.493 e. The van der Waals surface area contributed by atoms with E-state index in [9.17, 15) is 62.6 Å². The number of carboxylic acid groups (broad SMARTS) is 1. The molecule has 32 nitrogen and oxygen atoms in total. The van der Waals surface area contributed by atoms with Crippen molar-refractivity contribution in [1.82, 2.24) is 10.6 Å². The van der Waals surface area contributed by atoms with E-state index in [4.69, 9.17) is 49.1 Å². The van der Waals surface area contributed by atoms with E-state index < -0.39 is 41.9 Å². The maximum atomic E-state index is 14.1. The highest BCUT2D eigenvalue weighted by Gasteiger charge is 2.42. The first kappa shape index (κ1) is 100. The van der Waals surface area contributed by atoms with Crippen LogP contribution in [0.5, 0.6) is 34.5 Å². The average Bonchev–Trinajstić information content (AvgIpc) is 1.62. The number of hydrogen-bond acceptors (Lipinski definition) is 25. The molecule has 0 saturated carbocycles. The molecule has 8 heterocycles. The molecule has 10 aromatic carbocycles. The molecule has 8 aliphatic rings. The summed E-state index contributed by atoms with van der Waals surface area (Å²) in [7, 11) is 5.58. The molecule has 0 aliphatic carbocycles. The van der Waals surface area contributed by atoms with Gasteiger partial charge >= 0.3 is 17.9 Å². The van der Waals surface area contributed by atoms with Crippen molar-refractivity contribution in [1.29, 1.82) is 0 Å². The van der Waals surface area contributed by atoms with Crippen molar-refractivity contribution in [2.45, 2.75) is 188 Å². The van der Waals surface area contributed by atoms with Crippen molar-refractivity contribution >= 4 is 141 Å². The normalized spacial score (nSPS) is 16.6. The van der Waals surface area contributed by atoms with Gasteiger partial charge in [0, 0.05) is 141 Å². The highest BCUT2D eigenvalue weighted by atomic mass is 16.5. The fourth-order valence-electron chi connectivity index (χ4n) is 18.4. The molecular weight excluding hydrogens is 1810 g/mol. The molecule has 142 heavy (non-hydrogen) atoms. The maximum Gasteiger partial charge on any atom is 0.335 e. The molecule has 5 N–H and O–H groups in total. The molecule has 732 valence electrons. The Bertz CT molecular complexity index is 6820. The van der Waals surface area contributed by atoms with E-state index in [2.05, 4.69) is 25.1 Å². The lowest BCUT2D eigenvalue weighted by molar-refractivity contribution is -0.141. The van der Waals surface area contributed by atoms with Crippen LogP contribution in [0.2, 0.25) is 0 Å². The van der Waals surface area contributed by atoms with Gasteiger partial charge in [0.1, 0.15) is 37.9 Å². The van der Waals surface area contributed by atoms with E-state index in [1.54, 1.807) is 133 Å². The maximum absolute atomic E-state index is 14.1. The number of ketones is 3. The number of esters is 2. The van der Waals surface area contributed by atoms with E-state index in [1.165, 1.54) is 28.4 Å². The summed E-state index contributed by atoms with van der Waals surface area (Å²) >= 11 is 0. The number of nitrogens with two attached hydrogens (primary N) is 1. The highest BCUT2D eigenvalue weighted by Crippen LogP contribution is 2.47. The van der Waals surface area contributed by atoms with E-state index in [0.717, 1.165) is 56.1 Å². The first-order valence-electron chi connectivity index (χ1n) is 46.6. The van der Waals surface area contributed by atoms with Crippen molar-refractivity contribution in [3.63, 3.8) is 0 Å². The number of amides is 6. The van der Waals surface area contributed by atoms with Gasteiger partial charge in [-0.15, -0.1) is 0 Å². The van der Waals surface area contributed by atoms with Crippen LogP contribution in [0.3, 0.4) is 0 Å². The Morgan fingerprint density at radius 2 is 0.697 bits per heavy atom. The van der Waals surface area contributed by atoms with Gasteiger partial charge in [0.25, 0.3) is 23.6 Å². The van der Waals surface area contributed by atoms with Gasteiger partial charge in [-0.25, -0.2) is 4.79 Å². The second kappa shape index (κ2) is 43.9. The van der Waals surface area contributed by atoms with E-state index in [0.29, 0.717) is 146 Å². The summed E-state index contributed by atoms with van der Waals surface area (Å²) in [5, 5.41) is 15.2. The lowest BCUT2D eigenvalue weighted by atomic mass is 9.96. The molecule has 0 fully saturated rings. The fraction of sp³-hybridized carbons (Fsp3) is 0.309. The van der Waals surface area contributed by atoms with Crippen LogP contribution in [-0.4, -0.2) is 171 Å². The Balaban J connectivity index is 0.000000187. The third-order valence-corrected chi connectivity index (χ3v) is 25.9. The molecule has 8 atom stereocenters. The summed E-state index contributed by atoms with van der Waals surface area (Å²) in [4.78, 5) is 179. The molecule has 32 heteroatoms. The van der Waals surface area contributed by atoms with Gasteiger partial charge in [0.15, 0.2) is 40.3 Å². The molecule has 0 unspecified atom stereocenters. The summed E-state index contributed by atoms with van der Waals surface area (Å²) in [5.74, 6) is -2.34. The SMILES string of the molecule is C.COC(=O)CCCC(=O)[C@H](C)NC(=O)[C@H](C)CC(=O)c1cc(COc2cc3c(cc2C)C(=O)N2c4ccccc4C[C@H]2C=N3)cc(COc2cc3c(cc2OC)C(=O)N2c4ccccc4C[C@H]2C=N3)c1.COC(=O)CCCC(=O)[C@H](C)NC(=O)[C@H](C)N.COc1cc2c(cc1OCc1cc(COc3cc4c(cc3C)C(=O)N3c5ccccc5C[C@H]3C=N4)cc(C(=O)O)c1)N=C[C@@H]1Cc3ccccc3N1C2=O. The number of aliphatic imine (C=N–C) groups is 4. The molecule has 0 aromatic heterocycles. The number of nitrogens with zero attached hydrogens (tertiary/aromatic N) is 8. The van der Waals surface area contributed by atoms with Gasteiger partial charge in [-0.05, 0) is 188 Å². The van der Waals surface area contributed by atoms with Crippen molar-refractivity contribution in [2.24, 2.45) is 31.6 Å². The smallest absolute Gasteiger partial charge is 0.335 e. The summed E-state index contributed by atoms with van der Waals surface area (Å²) < 4.78 is 45.8. The second-order valence-electron chi connectivity index (χ2n) is 35.8. The highest BCUT2D eigenvalue weighted by molar-refractivity contribution is 6.18. The third kappa shape index (κ3) is 22.0. The minimum Gasteiger partial charge on any atom is -0.493 e. The van der Waals surface area contributed by atoms with E-state index in [1.807, 2.05) is 135 Å². The number of aromatic carboxylic acids is 1. The van der Waals surface area contributed by atoms with E-state index in [-0.39, 0.29) is 149 Å². The van der Waals surface area contributed by atoms with Gasteiger partial charge in [-0.1, -0.05) is 87.1 Å². The number of methoxy groups -OCH3 is 4. The second-order valence-corrected chi connectivity index (χ2v) is 35.8. The van der Waals surface area contributed by atoms with Gasteiger partial charge < -0.3 is 59.4 Å².